The Morgan fingerprint density at radius 3 is 0.897 bits per heavy atom. The molecular formula is C81H155NO5. The monoisotopic (exact) mass is 1220 g/mol. The quantitative estimate of drug-likeness (QED) is 0.0320. The van der Waals surface area contributed by atoms with Crippen molar-refractivity contribution in [3.8, 4) is 0 Å². The lowest BCUT2D eigenvalue weighted by Crippen LogP contribution is -2.45. The van der Waals surface area contributed by atoms with E-state index in [9.17, 15) is 19.8 Å². The first-order valence-electron chi connectivity index (χ1n) is 39.8. The first kappa shape index (κ1) is 85.1. The van der Waals surface area contributed by atoms with E-state index in [4.69, 9.17) is 4.74 Å². The molecule has 2 unspecified atom stereocenters. The lowest BCUT2D eigenvalue weighted by Gasteiger charge is -2.20. The van der Waals surface area contributed by atoms with Crippen LogP contribution in [-0.4, -0.2) is 47.4 Å². The number of ether oxygens (including phenoxy) is 1. The van der Waals surface area contributed by atoms with Gasteiger partial charge in [0.05, 0.1) is 25.4 Å². The smallest absolute Gasteiger partial charge is 0.305 e. The summed E-state index contributed by atoms with van der Waals surface area (Å²) in [7, 11) is 0. The molecule has 0 saturated heterocycles. The molecule has 0 aliphatic carbocycles. The minimum atomic E-state index is -0.840. The third kappa shape index (κ3) is 73.0. The Morgan fingerprint density at radius 1 is 0.322 bits per heavy atom. The topological polar surface area (TPSA) is 95.9 Å². The van der Waals surface area contributed by atoms with E-state index < -0.39 is 12.1 Å². The van der Waals surface area contributed by atoms with Crippen LogP contribution in [0.5, 0.6) is 0 Å². The molecule has 6 nitrogen and oxygen atoms in total. The highest BCUT2D eigenvalue weighted by Gasteiger charge is 2.18. The molecule has 3 N–H and O–H groups in total. The summed E-state index contributed by atoms with van der Waals surface area (Å²) in [6, 6.07) is -0.623. The van der Waals surface area contributed by atoms with Crippen molar-refractivity contribution in [1.82, 2.24) is 5.32 Å². The van der Waals surface area contributed by atoms with E-state index in [1.807, 2.05) is 6.08 Å². The number of rotatable bonds is 75. The van der Waals surface area contributed by atoms with Crippen molar-refractivity contribution in [2.75, 3.05) is 13.2 Å². The van der Waals surface area contributed by atoms with Gasteiger partial charge in [0.1, 0.15) is 0 Å². The number of hydrogen-bond donors (Lipinski definition) is 3. The molecule has 0 heterocycles. The maximum absolute atomic E-state index is 12.5. The molecular weight excluding hydrogens is 1070 g/mol. The van der Waals surface area contributed by atoms with Gasteiger partial charge < -0.3 is 20.3 Å². The molecule has 87 heavy (non-hydrogen) atoms. The number of nitrogens with one attached hydrogen (secondary N) is 1. The fraction of sp³-hybridized carbons (Fsp3) is 0.901. The van der Waals surface area contributed by atoms with Gasteiger partial charge >= 0.3 is 5.97 Å². The maximum atomic E-state index is 12.5. The lowest BCUT2D eigenvalue weighted by atomic mass is 10.0. The number of carbonyl (C=O) groups is 2. The highest BCUT2D eigenvalue weighted by atomic mass is 16.5. The number of carbonyl (C=O) groups excluding carboxylic acids is 2. The highest BCUT2D eigenvalue weighted by molar-refractivity contribution is 5.76. The van der Waals surface area contributed by atoms with Crippen molar-refractivity contribution in [3.05, 3.63) is 36.5 Å². The third-order valence-electron chi connectivity index (χ3n) is 18.7. The van der Waals surface area contributed by atoms with Crippen molar-refractivity contribution < 1.29 is 24.5 Å². The minimum absolute atomic E-state index is 0.0200. The number of hydrogen-bond acceptors (Lipinski definition) is 5. The molecule has 0 aromatic rings. The molecule has 0 fully saturated rings. The highest BCUT2D eigenvalue weighted by Crippen LogP contribution is 2.20. The molecule has 6 heteroatoms. The lowest BCUT2D eigenvalue weighted by molar-refractivity contribution is -0.143. The van der Waals surface area contributed by atoms with Crippen molar-refractivity contribution in [1.29, 1.82) is 0 Å². The predicted molar refractivity (Wildman–Crippen MR) is 384 cm³/mol. The van der Waals surface area contributed by atoms with Crippen LogP contribution >= 0.6 is 0 Å². The minimum Gasteiger partial charge on any atom is -0.466 e. The third-order valence-corrected chi connectivity index (χ3v) is 18.7. The maximum Gasteiger partial charge on any atom is 0.305 e. The first-order chi connectivity index (χ1) is 43.0. The Hall–Kier alpha value is -1.92. The molecule has 514 valence electrons. The Bertz CT molecular complexity index is 1410. The van der Waals surface area contributed by atoms with E-state index in [1.54, 1.807) is 6.08 Å². The normalized spacial score (nSPS) is 12.6. The number of esters is 1. The summed E-state index contributed by atoms with van der Waals surface area (Å²) in [6.45, 7) is 4.92. The summed E-state index contributed by atoms with van der Waals surface area (Å²) in [4.78, 5) is 24.6. The van der Waals surface area contributed by atoms with E-state index in [0.717, 1.165) is 44.9 Å². The number of amides is 1. The van der Waals surface area contributed by atoms with Gasteiger partial charge in [-0.1, -0.05) is 403 Å². The van der Waals surface area contributed by atoms with E-state index in [0.29, 0.717) is 19.4 Å². The number of unbranched alkanes of at least 4 members (excludes halogenated alkanes) is 60. The first-order valence-corrected chi connectivity index (χ1v) is 39.8. The Kier molecular flexibility index (Phi) is 74.8. The second-order valence-corrected chi connectivity index (χ2v) is 27.4. The Morgan fingerprint density at radius 2 is 0.575 bits per heavy atom. The average Bonchev–Trinajstić information content (AvgIpc) is 3.53. The van der Waals surface area contributed by atoms with Crippen LogP contribution < -0.4 is 5.32 Å². The van der Waals surface area contributed by atoms with Crippen LogP contribution in [0.15, 0.2) is 36.5 Å². The van der Waals surface area contributed by atoms with E-state index in [-0.39, 0.29) is 18.5 Å². The molecule has 2 atom stereocenters. The molecule has 0 saturated carbocycles. The van der Waals surface area contributed by atoms with Crippen molar-refractivity contribution in [3.63, 3.8) is 0 Å². The summed E-state index contributed by atoms with van der Waals surface area (Å²) < 4.78 is 5.52. The molecule has 0 bridgehead atoms. The zero-order chi connectivity index (χ0) is 62.8. The van der Waals surface area contributed by atoms with E-state index >= 15 is 0 Å². The largest absolute Gasteiger partial charge is 0.466 e. The molecule has 0 spiro atoms. The predicted octanol–water partition coefficient (Wildman–Crippen LogP) is 26.2. The van der Waals surface area contributed by atoms with Crippen LogP contribution in [0.2, 0.25) is 0 Å². The van der Waals surface area contributed by atoms with Crippen molar-refractivity contribution in [2.45, 2.75) is 456 Å². The number of aliphatic hydroxyl groups excluding tert-OH is 2. The van der Waals surface area contributed by atoms with Crippen LogP contribution in [-0.2, 0) is 14.3 Å². The fourth-order valence-electron chi connectivity index (χ4n) is 12.6. The molecule has 0 aromatic carbocycles. The van der Waals surface area contributed by atoms with Gasteiger partial charge in [0, 0.05) is 12.8 Å². The van der Waals surface area contributed by atoms with Gasteiger partial charge in [-0.15, -0.1) is 0 Å². The molecule has 1 amide bonds. The number of allylic oxidation sites excluding steroid dienone is 5. The van der Waals surface area contributed by atoms with Crippen LogP contribution in [0.1, 0.15) is 444 Å². The van der Waals surface area contributed by atoms with E-state index in [2.05, 4.69) is 43.5 Å². The summed E-state index contributed by atoms with van der Waals surface area (Å²) in [6.07, 6.45) is 99.9. The van der Waals surface area contributed by atoms with Gasteiger partial charge in [-0.25, -0.2) is 0 Å². The second-order valence-electron chi connectivity index (χ2n) is 27.4. The fourth-order valence-corrected chi connectivity index (χ4v) is 12.6. The summed E-state index contributed by atoms with van der Waals surface area (Å²) >= 11 is 0. The summed E-state index contributed by atoms with van der Waals surface area (Å²) in [5.74, 6) is -0.0398. The standard InChI is InChI=1S/C81H155NO5/c1-3-5-7-9-11-13-15-17-19-20-40-44-47-51-55-59-63-67-71-75-81(86)87-76-72-68-64-60-56-52-48-45-42-39-37-35-33-31-29-27-25-23-21-22-24-26-28-30-32-34-36-38-41-43-46-50-54-58-62-66-70-74-80(85)82-78(77-83)79(84)73-69-65-61-57-53-49-18-16-14-12-10-8-6-4-2/h11,13,17,19,69,73,78-79,83-84H,3-10,12,14-16,18,20-68,70-72,74-77H2,1-2H3,(H,82,85)/b13-11-,19-17-,73-69+. The van der Waals surface area contributed by atoms with Gasteiger partial charge in [-0.05, 0) is 64.2 Å². The SMILES string of the molecule is CCCCC/C=C\C/C=C\CCCCCCCCCCCC(=O)OCCCCCCCCCCCCCCCCCCCCCCCCCCCCCCCCCCCCCCCC(=O)NC(CO)C(O)/C=C/CCCCCCCCCCCCCC. The Balaban J connectivity index is 3.29. The van der Waals surface area contributed by atoms with Crippen LogP contribution in [0.3, 0.4) is 0 Å². The van der Waals surface area contributed by atoms with Crippen LogP contribution in [0.25, 0.3) is 0 Å². The molecule has 0 aliphatic rings. The molecule has 0 aliphatic heterocycles. The molecule has 0 radical (unpaired) electrons. The second kappa shape index (κ2) is 76.5. The van der Waals surface area contributed by atoms with Crippen LogP contribution in [0.4, 0.5) is 0 Å². The van der Waals surface area contributed by atoms with Gasteiger partial charge in [0.2, 0.25) is 5.91 Å². The zero-order valence-electron chi connectivity index (χ0n) is 59.0. The van der Waals surface area contributed by atoms with Crippen molar-refractivity contribution in [2.24, 2.45) is 0 Å². The Labute approximate surface area is 544 Å². The molecule has 0 rings (SSSR count). The average molecular weight is 1220 g/mol. The summed E-state index contributed by atoms with van der Waals surface area (Å²) in [5, 5.41) is 23.2. The van der Waals surface area contributed by atoms with Gasteiger partial charge in [-0.3, -0.25) is 9.59 Å². The van der Waals surface area contributed by atoms with Crippen LogP contribution in [0, 0.1) is 0 Å². The van der Waals surface area contributed by atoms with Gasteiger partial charge in [0.15, 0.2) is 0 Å². The van der Waals surface area contributed by atoms with Gasteiger partial charge in [0.25, 0.3) is 0 Å². The van der Waals surface area contributed by atoms with Crippen molar-refractivity contribution >= 4 is 11.9 Å². The summed E-state index contributed by atoms with van der Waals surface area (Å²) in [5.41, 5.74) is 0. The zero-order valence-corrected chi connectivity index (χ0v) is 59.0. The molecule has 0 aromatic heterocycles. The number of aliphatic hydroxyl groups is 2. The van der Waals surface area contributed by atoms with E-state index in [1.165, 1.54) is 372 Å². The van der Waals surface area contributed by atoms with Gasteiger partial charge in [-0.2, -0.15) is 0 Å².